The van der Waals surface area contributed by atoms with Gasteiger partial charge < -0.3 is 11.1 Å². The van der Waals surface area contributed by atoms with Crippen LogP contribution in [0.15, 0.2) is 18.2 Å². The van der Waals surface area contributed by atoms with E-state index in [0.717, 1.165) is 12.1 Å². The van der Waals surface area contributed by atoms with E-state index >= 15 is 0 Å². The second-order valence-electron chi connectivity index (χ2n) is 4.15. The maximum Gasteiger partial charge on any atom is 0.416 e. The highest BCUT2D eigenvalue weighted by Gasteiger charge is 2.31. The Morgan fingerprint density at radius 2 is 2.06 bits per heavy atom. The van der Waals surface area contributed by atoms with Crippen molar-refractivity contribution in [2.75, 3.05) is 11.9 Å². The van der Waals surface area contributed by atoms with Gasteiger partial charge >= 0.3 is 6.18 Å². The Labute approximate surface area is 103 Å². The summed E-state index contributed by atoms with van der Waals surface area (Å²) < 4.78 is 37.6. The van der Waals surface area contributed by atoms with E-state index in [1.165, 1.54) is 6.07 Å². The van der Waals surface area contributed by atoms with Gasteiger partial charge in [0.1, 0.15) is 0 Å². The number of rotatable bonds is 3. The van der Waals surface area contributed by atoms with Gasteiger partial charge in [-0.05, 0) is 24.6 Å². The predicted octanol–water partition coefficient (Wildman–Crippen LogP) is 2.55. The lowest BCUT2D eigenvalue weighted by Gasteiger charge is -2.14. The minimum atomic E-state index is -4.42. The average Bonchev–Trinajstić information content (AvgIpc) is 2.29. The fourth-order valence-electron chi connectivity index (χ4n) is 1.30. The molecule has 1 aromatic carbocycles. The molecule has 0 aliphatic rings. The fraction of sp³-hybridized carbons (Fsp3) is 0.417. The van der Waals surface area contributed by atoms with Crippen molar-refractivity contribution in [1.82, 2.24) is 0 Å². The number of halogens is 3. The van der Waals surface area contributed by atoms with Crippen LogP contribution in [0.2, 0.25) is 0 Å². The molecular weight excluding hydrogens is 245 g/mol. The van der Waals surface area contributed by atoms with Crippen LogP contribution in [0.5, 0.6) is 0 Å². The first kappa shape index (κ1) is 14.5. The van der Waals surface area contributed by atoms with E-state index in [-0.39, 0.29) is 18.1 Å². The van der Waals surface area contributed by atoms with Crippen LogP contribution in [0.4, 0.5) is 18.9 Å². The topological polar surface area (TPSA) is 55.1 Å². The lowest BCUT2D eigenvalue weighted by Crippen LogP contribution is -2.27. The summed E-state index contributed by atoms with van der Waals surface area (Å²) in [6, 6.07) is 3.24. The SMILES string of the molecule is Cc1ccc(C(F)(F)F)cc1NC(=O)C(C)CN. The molecule has 3 nitrogen and oxygen atoms in total. The van der Waals surface area contributed by atoms with E-state index in [0.29, 0.717) is 5.56 Å². The average molecular weight is 260 g/mol. The fourth-order valence-corrected chi connectivity index (χ4v) is 1.30. The van der Waals surface area contributed by atoms with Crippen molar-refractivity contribution in [3.05, 3.63) is 29.3 Å². The molecule has 1 unspecified atom stereocenters. The van der Waals surface area contributed by atoms with Gasteiger partial charge in [0.2, 0.25) is 5.91 Å². The van der Waals surface area contributed by atoms with E-state index in [1.807, 2.05) is 0 Å². The third kappa shape index (κ3) is 3.46. The van der Waals surface area contributed by atoms with Gasteiger partial charge in [-0.2, -0.15) is 13.2 Å². The third-order valence-corrected chi connectivity index (χ3v) is 2.62. The van der Waals surface area contributed by atoms with Gasteiger partial charge in [-0.15, -0.1) is 0 Å². The van der Waals surface area contributed by atoms with E-state index in [9.17, 15) is 18.0 Å². The Kier molecular flexibility index (Phi) is 4.34. The maximum absolute atomic E-state index is 12.5. The molecule has 100 valence electrons. The summed E-state index contributed by atoms with van der Waals surface area (Å²) in [5.74, 6) is -0.834. The van der Waals surface area contributed by atoms with Gasteiger partial charge in [-0.25, -0.2) is 0 Å². The molecule has 0 aromatic heterocycles. The van der Waals surface area contributed by atoms with Crippen molar-refractivity contribution in [1.29, 1.82) is 0 Å². The van der Waals surface area contributed by atoms with Gasteiger partial charge in [-0.1, -0.05) is 13.0 Å². The molecule has 1 aromatic rings. The van der Waals surface area contributed by atoms with Gasteiger partial charge in [-0.3, -0.25) is 4.79 Å². The van der Waals surface area contributed by atoms with E-state index < -0.39 is 17.7 Å². The van der Waals surface area contributed by atoms with Crippen LogP contribution in [0, 0.1) is 12.8 Å². The Balaban J connectivity index is 2.99. The number of hydrogen-bond acceptors (Lipinski definition) is 2. The van der Waals surface area contributed by atoms with Gasteiger partial charge in [0.15, 0.2) is 0 Å². The Hall–Kier alpha value is -1.56. The molecular formula is C12H15F3N2O. The van der Waals surface area contributed by atoms with E-state index in [4.69, 9.17) is 5.73 Å². The minimum Gasteiger partial charge on any atom is -0.330 e. The molecule has 1 amide bonds. The number of benzene rings is 1. The summed E-state index contributed by atoms with van der Waals surface area (Å²) in [6.07, 6.45) is -4.42. The zero-order valence-electron chi connectivity index (χ0n) is 10.1. The summed E-state index contributed by atoms with van der Waals surface area (Å²) in [4.78, 5) is 11.6. The Morgan fingerprint density at radius 3 is 2.56 bits per heavy atom. The number of anilines is 1. The molecule has 0 heterocycles. The van der Waals surface area contributed by atoms with E-state index in [2.05, 4.69) is 5.32 Å². The van der Waals surface area contributed by atoms with Gasteiger partial charge in [0, 0.05) is 18.2 Å². The number of amides is 1. The smallest absolute Gasteiger partial charge is 0.330 e. The van der Waals surface area contributed by atoms with Crippen molar-refractivity contribution >= 4 is 11.6 Å². The highest BCUT2D eigenvalue weighted by molar-refractivity contribution is 5.93. The Morgan fingerprint density at radius 1 is 1.44 bits per heavy atom. The number of carbonyl (C=O) groups is 1. The van der Waals surface area contributed by atoms with Crippen molar-refractivity contribution in [3.63, 3.8) is 0 Å². The zero-order valence-corrected chi connectivity index (χ0v) is 10.1. The van der Waals surface area contributed by atoms with Crippen molar-refractivity contribution in [2.24, 2.45) is 11.7 Å². The number of carbonyl (C=O) groups excluding carboxylic acids is 1. The molecule has 1 rings (SSSR count). The normalized spacial score (nSPS) is 13.2. The molecule has 0 aliphatic carbocycles. The van der Waals surface area contributed by atoms with Crippen LogP contribution in [0.25, 0.3) is 0 Å². The van der Waals surface area contributed by atoms with E-state index in [1.54, 1.807) is 13.8 Å². The molecule has 0 aliphatic heterocycles. The first-order valence-corrected chi connectivity index (χ1v) is 5.44. The third-order valence-electron chi connectivity index (χ3n) is 2.62. The lowest BCUT2D eigenvalue weighted by atomic mass is 10.1. The molecule has 3 N–H and O–H groups in total. The molecule has 0 bridgehead atoms. The standard InChI is InChI=1S/C12H15F3N2O/c1-7-3-4-9(12(13,14)15)5-10(7)17-11(18)8(2)6-16/h3-5,8H,6,16H2,1-2H3,(H,17,18). The zero-order chi connectivity index (χ0) is 13.9. The van der Waals surface area contributed by atoms with Gasteiger partial charge in [0.25, 0.3) is 0 Å². The summed E-state index contributed by atoms with van der Waals surface area (Å²) in [5, 5.41) is 2.45. The summed E-state index contributed by atoms with van der Waals surface area (Å²) in [7, 11) is 0. The maximum atomic E-state index is 12.5. The molecule has 18 heavy (non-hydrogen) atoms. The molecule has 0 saturated heterocycles. The second-order valence-corrected chi connectivity index (χ2v) is 4.15. The van der Waals surface area contributed by atoms with Crippen LogP contribution < -0.4 is 11.1 Å². The van der Waals surface area contributed by atoms with Crippen molar-refractivity contribution in [3.8, 4) is 0 Å². The van der Waals surface area contributed by atoms with Gasteiger partial charge in [0.05, 0.1) is 5.56 Å². The molecule has 0 spiro atoms. The molecule has 1 atom stereocenters. The van der Waals surface area contributed by atoms with Crippen LogP contribution in [0.1, 0.15) is 18.1 Å². The lowest BCUT2D eigenvalue weighted by molar-refractivity contribution is -0.137. The first-order valence-electron chi connectivity index (χ1n) is 5.44. The molecule has 6 heteroatoms. The minimum absolute atomic E-state index is 0.143. The summed E-state index contributed by atoms with van der Waals surface area (Å²) in [5.41, 5.74) is 5.27. The van der Waals surface area contributed by atoms with Crippen LogP contribution >= 0.6 is 0 Å². The number of nitrogens with two attached hydrogens (primary N) is 1. The molecule has 0 radical (unpaired) electrons. The molecule has 0 saturated carbocycles. The highest BCUT2D eigenvalue weighted by Crippen LogP contribution is 2.32. The Bertz CT molecular complexity index is 443. The quantitative estimate of drug-likeness (QED) is 0.877. The van der Waals surface area contributed by atoms with Crippen LogP contribution in [-0.2, 0) is 11.0 Å². The monoisotopic (exact) mass is 260 g/mol. The second kappa shape index (κ2) is 5.39. The number of hydrogen-bond donors (Lipinski definition) is 2. The number of aryl methyl sites for hydroxylation is 1. The van der Waals surface area contributed by atoms with Crippen LogP contribution in [0.3, 0.4) is 0 Å². The molecule has 0 fully saturated rings. The van der Waals surface area contributed by atoms with Crippen molar-refractivity contribution < 1.29 is 18.0 Å². The number of alkyl halides is 3. The summed E-state index contributed by atoms with van der Waals surface area (Å²) in [6.45, 7) is 3.38. The first-order chi connectivity index (χ1) is 8.25. The largest absolute Gasteiger partial charge is 0.416 e. The van der Waals surface area contributed by atoms with Crippen LogP contribution in [-0.4, -0.2) is 12.5 Å². The predicted molar refractivity (Wildman–Crippen MR) is 63.0 cm³/mol. The highest BCUT2D eigenvalue weighted by atomic mass is 19.4. The summed E-state index contributed by atoms with van der Waals surface area (Å²) >= 11 is 0. The number of nitrogens with one attached hydrogen (secondary N) is 1. The van der Waals surface area contributed by atoms with Crippen molar-refractivity contribution in [2.45, 2.75) is 20.0 Å².